The van der Waals surface area contributed by atoms with Crippen molar-refractivity contribution < 1.29 is 4.79 Å². The Morgan fingerprint density at radius 3 is 2.26 bits per heavy atom. The molecule has 0 saturated heterocycles. The Morgan fingerprint density at radius 2 is 1.79 bits per heavy atom. The molecule has 0 aliphatic heterocycles. The molecule has 3 heteroatoms. The third-order valence-electron chi connectivity index (χ3n) is 2.80. The summed E-state index contributed by atoms with van der Waals surface area (Å²) in [6.07, 6.45) is 6.00. The van der Waals surface area contributed by atoms with Crippen molar-refractivity contribution in [2.45, 2.75) is 6.42 Å². The van der Waals surface area contributed by atoms with Crippen LogP contribution < -0.4 is 10.6 Å². The number of allylic oxidation sites excluding steroid dienone is 1. The Hall–Kier alpha value is -2.29. The van der Waals surface area contributed by atoms with Gasteiger partial charge in [-0.15, -0.1) is 19.7 Å². The average molecular weight is 256 g/mol. The van der Waals surface area contributed by atoms with Gasteiger partial charge in [0.25, 0.3) is 0 Å². The van der Waals surface area contributed by atoms with E-state index in [1.54, 1.807) is 12.1 Å². The van der Waals surface area contributed by atoms with E-state index in [1.807, 2.05) is 24.3 Å². The number of carbonyl (C=O) groups is 1. The van der Waals surface area contributed by atoms with E-state index < -0.39 is 5.91 Å². The molecule has 3 nitrogen and oxygen atoms in total. The van der Waals surface area contributed by atoms with Gasteiger partial charge in [0, 0.05) is 24.3 Å². The zero-order valence-electron chi connectivity index (χ0n) is 11.1. The van der Waals surface area contributed by atoms with Crippen LogP contribution in [0.25, 0.3) is 0 Å². The van der Waals surface area contributed by atoms with Crippen molar-refractivity contribution in [1.82, 2.24) is 0 Å². The quantitative estimate of drug-likeness (QED) is 0.727. The largest absolute Gasteiger partial charge is 0.366 e. The predicted octanol–water partition coefficient (Wildman–Crippen LogP) is 2.69. The van der Waals surface area contributed by atoms with Crippen molar-refractivity contribution in [2.24, 2.45) is 5.73 Å². The van der Waals surface area contributed by atoms with Gasteiger partial charge in [-0.25, -0.2) is 0 Å². The summed E-state index contributed by atoms with van der Waals surface area (Å²) in [6.45, 7) is 12.6. The monoisotopic (exact) mass is 256 g/mol. The Balaban J connectivity index is 3.33. The molecule has 1 rings (SSSR count). The Morgan fingerprint density at radius 1 is 1.16 bits per heavy atom. The van der Waals surface area contributed by atoms with Crippen LogP contribution >= 0.6 is 0 Å². The van der Waals surface area contributed by atoms with Gasteiger partial charge < -0.3 is 10.6 Å². The molecule has 0 atom stereocenters. The highest BCUT2D eigenvalue weighted by atomic mass is 16.1. The zero-order chi connectivity index (χ0) is 14.3. The summed E-state index contributed by atoms with van der Waals surface area (Å²) in [5.74, 6) is -0.421. The van der Waals surface area contributed by atoms with E-state index in [9.17, 15) is 4.79 Å². The lowest BCUT2D eigenvalue weighted by atomic mass is 10.0. The van der Waals surface area contributed by atoms with Gasteiger partial charge in [0.2, 0.25) is 5.91 Å². The zero-order valence-corrected chi connectivity index (χ0v) is 11.1. The molecule has 2 N–H and O–H groups in total. The second-order valence-corrected chi connectivity index (χ2v) is 4.14. The summed E-state index contributed by atoms with van der Waals surface area (Å²) in [5.41, 5.74) is 7.83. The van der Waals surface area contributed by atoms with Crippen LogP contribution in [0.5, 0.6) is 0 Å². The number of hydrogen-bond acceptors (Lipinski definition) is 2. The molecule has 0 bridgehead atoms. The number of anilines is 1. The minimum Gasteiger partial charge on any atom is -0.366 e. The van der Waals surface area contributed by atoms with Gasteiger partial charge in [-0.1, -0.05) is 24.3 Å². The first kappa shape index (κ1) is 14.8. The maximum Gasteiger partial charge on any atom is 0.249 e. The van der Waals surface area contributed by atoms with Crippen molar-refractivity contribution in [3.8, 4) is 0 Å². The minimum absolute atomic E-state index is 0.421. The fourth-order valence-electron chi connectivity index (χ4n) is 2.04. The summed E-state index contributed by atoms with van der Waals surface area (Å²) in [6, 6.07) is 5.55. The van der Waals surface area contributed by atoms with Crippen LogP contribution in [0.1, 0.15) is 15.9 Å². The number of benzene rings is 1. The van der Waals surface area contributed by atoms with E-state index in [0.717, 1.165) is 11.3 Å². The lowest BCUT2D eigenvalue weighted by Crippen LogP contribution is -2.26. The minimum atomic E-state index is -0.421. The topological polar surface area (TPSA) is 46.3 Å². The van der Waals surface area contributed by atoms with Gasteiger partial charge in [0.05, 0.1) is 0 Å². The summed E-state index contributed by atoms with van der Waals surface area (Å²) in [4.78, 5) is 13.6. The van der Waals surface area contributed by atoms with Crippen molar-refractivity contribution >= 4 is 11.6 Å². The standard InChI is InChI=1S/C16H20N2O/c1-4-8-13-14(16(17)19)9-7-10-15(13)18(11-5-2)12-6-3/h4-7,9-10H,1-3,8,11-12H2,(H2,17,19). The summed E-state index contributed by atoms with van der Waals surface area (Å²) < 4.78 is 0. The average Bonchev–Trinajstić information content (AvgIpc) is 2.39. The molecule has 0 fully saturated rings. The molecule has 1 amide bonds. The second kappa shape index (κ2) is 7.21. The molecule has 0 aromatic heterocycles. The summed E-state index contributed by atoms with van der Waals surface area (Å²) in [7, 11) is 0. The van der Waals surface area contributed by atoms with Crippen molar-refractivity contribution in [2.75, 3.05) is 18.0 Å². The molecular formula is C16H20N2O. The number of nitrogens with two attached hydrogens (primary N) is 1. The molecule has 1 aromatic carbocycles. The number of rotatable bonds is 8. The molecule has 0 spiro atoms. The van der Waals surface area contributed by atoms with E-state index >= 15 is 0 Å². The van der Waals surface area contributed by atoms with E-state index in [1.165, 1.54) is 0 Å². The third-order valence-corrected chi connectivity index (χ3v) is 2.80. The van der Waals surface area contributed by atoms with Gasteiger partial charge in [-0.2, -0.15) is 0 Å². The molecule has 0 aliphatic rings. The maximum absolute atomic E-state index is 11.5. The van der Waals surface area contributed by atoms with Crippen LogP contribution in [0, 0.1) is 0 Å². The molecular weight excluding hydrogens is 236 g/mol. The molecule has 19 heavy (non-hydrogen) atoms. The van der Waals surface area contributed by atoms with Gasteiger partial charge >= 0.3 is 0 Å². The molecule has 1 aromatic rings. The van der Waals surface area contributed by atoms with Crippen molar-refractivity contribution in [3.05, 3.63) is 67.3 Å². The lowest BCUT2D eigenvalue weighted by molar-refractivity contribution is 0.0999. The van der Waals surface area contributed by atoms with E-state index in [-0.39, 0.29) is 0 Å². The molecule has 0 unspecified atom stereocenters. The Labute approximate surface area is 114 Å². The third kappa shape index (κ3) is 3.58. The van der Waals surface area contributed by atoms with Crippen LogP contribution in [0.15, 0.2) is 56.2 Å². The van der Waals surface area contributed by atoms with Crippen LogP contribution in [0.4, 0.5) is 5.69 Å². The molecule has 0 heterocycles. The first-order chi connectivity index (χ1) is 9.15. The summed E-state index contributed by atoms with van der Waals surface area (Å²) in [5, 5.41) is 0. The fourth-order valence-corrected chi connectivity index (χ4v) is 2.04. The van der Waals surface area contributed by atoms with Gasteiger partial charge in [0.15, 0.2) is 0 Å². The van der Waals surface area contributed by atoms with E-state index in [2.05, 4.69) is 24.6 Å². The first-order valence-electron chi connectivity index (χ1n) is 6.15. The SMILES string of the molecule is C=CCc1c(C(N)=O)cccc1N(CC=C)CC=C. The van der Waals surface area contributed by atoms with Crippen LogP contribution in [-0.2, 0) is 6.42 Å². The Bertz CT molecular complexity index is 482. The number of hydrogen-bond donors (Lipinski definition) is 1. The fraction of sp³-hybridized carbons (Fsp3) is 0.188. The molecule has 0 radical (unpaired) electrons. The molecule has 100 valence electrons. The predicted molar refractivity (Wildman–Crippen MR) is 81.5 cm³/mol. The van der Waals surface area contributed by atoms with E-state index in [0.29, 0.717) is 25.1 Å². The number of primary amides is 1. The van der Waals surface area contributed by atoms with Crippen molar-refractivity contribution in [3.63, 3.8) is 0 Å². The highest BCUT2D eigenvalue weighted by molar-refractivity contribution is 5.96. The van der Waals surface area contributed by atoms with Crippen molar-refractivity contribution in [1.29, 1.82) is 0 Å². The Kier molecular flexibility index (Phi) is 5.61. The highest BCUT2D eigenvalue weighted by Crippen LogP contribution is 2.25. The van der Waals surface area contributed by atoms with Crippen LogP contribution in [0.3, 0.4) is 0 Å². The first-order valence-corrected chi connectivity index (χ1v) is 6.15. The highest BCUT2D eigenvalue weighted by Gasteiger charge is 2.14. The maximum atomic E-state index is 11.5. The normalized spacial score (nSPS) is 9.68. The number of amides is 1. The van der Waals surface area contributed by atoms with Crippen LogP contribution in [0.2, 0.25) is 0 Å². The molecule has 0 aliphatic carbocycles. The van der Waals surface area contributed by atoms with E-state index in [4.69, 9.17) is 5.73 Å². The van der Waals surface area contributed by atoms with Gasteiger partial charge in [0.1, 0.15) is 0 Å². The van der Waals surface area contributed by atoms with Crippen LogP contribution in [-0.4, -0.2) is 19.0 Å². The smallest absolute Gasteiger partial charge is 0.249 e. The number of carbonyl (C=O) groups excluding carboxylic acids is 1. The number of nitrogens with zero attached hydrogens (tertiary/aromatic N) is 1. The van der Waals surface area contributed by atoms with Gasteiger partial charge in [-0.3, -0.25) is 4.79 Å². The second-order valence-electron chi connectivity index (χ2n) is 4.14. The van der Waals surface area contributed by atoms with Gasteiger partial charge in [-0.05, 0) is 24.1 Å². The lowest BCUT2D eigenvalue weighted by Gasteiger charge is -2.25. The summed E-state index contributed by atoms with van der Waals surface area (Å²) >= 11 is 0. The molecule has 0 saturated carbocycles.